The van der Waals surface area contributed by atoms with Crippen LogP contribution in [0.3, 0.4) is 0 Å². The van der Waals surface area contributed by atoms with Gasteiger partial charge in [0, 0.05) is 24.7 Å². The average Bonchev–Trinajstić information content (AvgIpc) is 2.88. The minimum atomic E-state index is -3.54. The normalized spacial score (nSPS) is 22.5. The van der Waals surface area contributed by atoms with E-state index in [2.05, 4.69) is 35.8 Å². The quantitative estimate of drug-likeness (QED) is 0.837. The van der Waals surface area contributed by atoms with Crippen LogP contribution in [0.4, 0.5) is 0 Å². The fourth-order valence-corrected chi connectivity index (χ4v) is 4.55. The van der Waals surface area contributed by atoms with E-state index in [1.54, 1.807) is 10.9 Å². The molecule has 1 fully saturated rings. The molecule has 1 heterocycles. The molecule has 2 aromatic rings. The van der Waals surface area contributed by atoms with E-state index in [1.165, 1.54) is 11.8 Å². The van der Waals surface area contributed by atoms with E-state index in [1.807, 2.05) is 25.1 Å². The number of nitrogens with zero attached hydrogens (tertiary/aromatic N) is 2. The Balaban J connectivity index is 1.78. The maximum Gasteiger partial charge on any atom is 0.243 e. The third-order valence-electron chi connectivity index (χ3n) is 5.18. The molecule has 0 unspecified atom stereocenters. The molecule has 0 spiro atoms. The van der Waals surface area contributed by atoms with Crippen LogP contribution in [0, 0.1) is 5.41 Å². The Hall–Kier alpha value is -1.66. The summed E-state index contributed by atoms with van der Waals surface area (Å²) in [6.45, 7) is 7.54. The summed E-state index contributed by atoms with van der Waals surface area (Å²) in [6.07, 6.45) is 4.91. The van der Waals surface area contributed by atoms with Crippen molar-refractivity contribution in [2.75, 3.05) is 6.54 Å². The van der Waals surface area contributed by atoms with E-state index in [9.17, 15) is 8.42 Å². The fourth-order valence-electron chi connectivity index (χ4n) is 3.50. The van der Waals surface area contributed by atoms with E-state index in [-0.39, 0.29) is 15.7 Å². The molecule has 130 valence electrons. The largest absolute Gasteiger partial charge is 0.271 e. The summed E-state index contributed by atoms with van der Waals surface area (Å²) >= 11 is 0. The van der Waals surface area contributed by atoms with Gasteiger partial charge in [-0.2, -0.15) is 5.10 Å². The molecule has 3 rings (SSSR count). The van der Waals surface area contributed by atoms with E-state index < -0.39 is 10.0 Å². The van der Waals surface area contributed by atoms with Gasteiger partial charge >= 0.3 is 0 Å². The number of hydrogen-bond donors (Lipinski definition) is 1. The second kappa shape index (κ2) is 6.01. The van der Waals surface area contributed by atoms with Gasteiger partial charge in [-0.25, -0.2) is 13.1 Å². The first-order valence-corrected chi connectivity index (χ1v) is 9.87. The molecule has 1 N–H and O–H groups in total. The molecule has 24 heavy (non-hydrogen) atoms. The van der Waals surface area contributed by atoms with Gasteiger partial charge in [-0.3, -0.25) is 4.68 Å². The van der Waals surface area contributed by atoms with Gasteiger partial charge in [0.25, 0.3) is 0 Å². The molecule has 0 amide bonds. The molecule has 0 bridgehead atoms. The van der Waals surface area contributed by atoms with Crippen LogP contribution >= 0.6 is 0 Å². The molecule has 1 aliphatic rings. The summed E-state index contributed by atoms with van der Waals surface area (Å²) in [4.78, 5) is 0.234. The van der Waals surface area contributed by atoms with Gasteiger partial charge in [0.15, 0.2) is 0 Å². The summed E-state index contributed by atoms with van der Waals surface area (Å²) in [5, 5.41) is 4.12. The van der Waals surface area contributed by atoms with Crippen molar-refractivity contribution in [3.8, 4) is 0 Å². The Kier molecular flexibility index (Phi) is 4.30. The molecule has 1 atom stereocenters. The Labute approximate surface area is 144 Å². The Morgan fingerprint density at radius 2 is 1.92 bits per heavy atom. The second-order valence-electron chi connectivity index (χ2n) is 7.27. The molecule has 1 saturated carbocycles. The predicted molar refractivity (Wildman–Crippen MR) is 94.2 cm³/mol. The molecule has 0 aliphatic heterocycles. The SMILES string of the molecule is CCCn1cc(S(=O)(=O)NC[C@]2(c3ccccc3)CC2(C)C)cn1. The van der Waals surface area contributed by atoms with Crippen molar-refractivity contribution in [2.24, 2.45) is 5.41 Å². The van der Waals surface area contributed by atoms with Crippen LogP contribution in [0.2, 0.25) is 0 Å². The van der Waals surface area contributed by atoms with Crippen molar-refractivity contribution in [2.45, 2.75) is 50.5 Å². The van der Waals surface area contributed by atoms with Gasteiger partial charge in [0.05, 0.1) is 6.20 Å². The van der Waals surface area contributed by atoms with E-state index in [0.29, 0.717) is 6.54 Å². The second-order valence-corrected chi connectivity index (χ2v) is 9.04. The van der Waals surface area contributed by atoms with E-state index in [0.717, 1.165) is 19.4 Å². The van der Waals surface area contributed by atoms with Crippen LogP contribution in [-0.2, 0) is 22.0 Å². The summed E-state index contributed by atoms with van der Waals surface area (Å²) in [5.74, 6) is 0. The predicted octanol–water partition coefficient (Wildman–Crippen LogP) is 2.94. The van der Waals surface area contributed by atoms with Crippen molar-refractivity contribution >= 4 is 10.0 Å². The Morgan fingerprint density at radius 3 is 2.50 bits per heavy atom. The molecule has 1 aromatic carbocycles. The molecule has 1 aliphatic carbocycles. The highest BCUT2D eigenvalue weighted by atomic mass is 32.2. The summed E-state index contributed by atoms with van der Waals surface area (Å²) in [7, 11) is -3.54. The fraction of sp³-hybridized carbons (Fsp3) is 0.500. The summed E-state index contributed by atoms with van der Waals surface area (Å²) in [5.41, 5.74) is 1.14. The minimum absolute atomic E-state index is 0.0866. The van der Waals surface area contributed by atoms with E-state index in [4.69, 9.17) is 0 Å². The smallest absolute Gasteiger partial charge is 0.243 e. The molecule has 0 saturated heterocycles. The molecule has 6 heteroatoms. The van der Waals surface area contributed by atoms with Crippen molar-refractivity contribution in [3.05, 3.63) is 48.3 Å². The highest BCUT2D eigenvalue weighted by molar-refractivity contribution is 7.89. The number of sulfonamides is 1. The third-order valence-corrected chi connectivity index (χ3v) is 6.53. The van der Waals surface area contributed by atoms with Crippen molar-refractivity contribution < 1.29 is 8.42 Å². The number of hydrogen-bond acceptors (Lipinski definition) is 3. The zero-order valence-corrected chi connectivity index (χ0v) is 15.3. The summed E-state index contributed by atoms with van der Waals surface area (Å²) in [6, 6.07) is 10.2. The average molecular weight is 347 g/mol. The molecule has 0 radical (unpaired) electrons. The first-order chi connectivity index (χ1) is 11.3. The number of aromatic nitrogens is 2. The van der Waals surface area contributed by atoms with Gasteiger partial charge in [-0.05, 0) is 23.8 Å². The number of rotatable bonds is 7. The summed E-state index contributed by atoms with van der Waals surface area (Å²) < 4.78 is 29.7. The van der Waals surface area contributed by atoms with Gasteiger partial charge in [0.2, 0.25) is 10.0 Å². The number of nitrogens with one attached hydrogen (secondary N) is 1. The van der Waals surface area contributed by atoms with Crippen LogP contribution in [0.5, 0.6) is 0 Å². The zero-order chi connectivity index (χ0) is 17.4. The van der Waals surface area contributed by atoms with Crippen LogP contribution in [0.1, 0.15) is 39.2 Å². The zero-order valence-electron chi connectivity index (χ0n) is 14.5. The van der Waals surface area contributed by atoms with Crippen LogP contribution < -0.4 is 4.72 Å². The van der Waals surface area contributed by atoms with Crippen LogP contribution in [0.15, 0.2) is 47.6 Å². The van der Waals surface area contributed by atoms with Gasteiger partial charge in [0.1, 0.15) is 4.90 Å². The maximum absolute atomic E-state index is 12.6. The number of benzene rings is 1. The minimum Gasteiger partial charge on any atom is -0.271 e. The molecular formula is C18H25N3O2S. The van der Waals surface area contributed by atoms with Crippen molar-refractivity contribution in [1.82, 2.24) is 14.5 Å². The highest BCUT2D eigenvalue weighted by Crippen LogP contribution is 2.63. The van der Waals surface area contributed by atoms with Gasteiger partial charge < -0.3 is 0 Å². The first-order valence-electron chi connectivity index (χ1n) is 8.38. The van der Waals surface area contributed by atoms with Gasteiger partial charge in [-0.15, -0.1) is 0 Å². The lowest BCUT2D eigenvalue weighted by Crippen LogP contribution is -2.34. The number of aryl methyl sites for hydroxylation is 1. The highest BCUT2D eigenvalue weighted by Gasteiger charge is 2.61. The van der Waals surface area contributed by atoms with Crippen LogP contribution in [0.25, 0.3) is 0 Å². The standard InChI is InChI=1S/C18H25N3O2S/c1-4-10-21-12-16(11-19-21)24(22,23)20-14-18(13-17(18,2)3)15-8-6-5-7-9-15/h5-9,11-12,20H,4,10,13-14H2,1-3H3/t18-/m0/s1. The molecule has 5 nitrogen and oxygen atoms in total. The van der Waals surface area contributed by atoms with Crippen molar-refractivity contribution in [3.63, 3.8) is 0 Å². The Morgan fingerprint density at radius 1 is 1.25 bits per heavy atom. The topological polar surface area (TPSA) is 64.0 Å². The molecule has 1 aromatic heterocycles. The first kappa shape index (κ1) is 17.2. The van der Waals surface area contributed by atoms with E-state index >= 15 is 0 Å². The van der Waals surface area contributed by atoms with Crippen LogP contribution in [-0.4, -0.2) is 24.7 Å². The van der Waals surface area contributed by atoms with Crippen molar-refractivity contribution in [1.29, 1.82) is 0 Å². The Bertz CT molecular complexity index is 812. The molecular weight excluding hydrogens is 322 g/mol. The monoisotopic (exact) mass is 347 g/mol. The lowest BCUT2D eigenvalue weighted by molar-refractivity contribution is 0.483. The lowest BCUT2D eigenvalue weighted by atomic mass is 9.88. The van der Waals surface area contributed by atoms with Gasteiger partial charge in [-0.1, -0.05) is 51.1 Å². The third kappa shape index (κ3) is 3.00. The maximum atomic E-state index is 12.6. The lowest BCUT2D eigenvalue weighted by Gasteiger charge is -2.21.